The van der Waals surface area contributed by atoms with Gasteiger partial charge in [-0.2, -0.15) is 0 Å². The van der Waals surface area contributed by atoms with Gasteiger partial charge in [0.05, 0.1) is 12.7 Å². The highest BCUT2D eigenvalue weighted by Crippen LogP contribution is 2.42. The van der Waals surface area contributed by atoms with E-state index in [0.29, 0.717) is 22.8 Å². The van der Waals surface area contributed by atoms with Crippen LogP contribution in [0.1, 0.15) is 55.0 Å². The van der Waals surface area contributed by atoms with Gasteiger partial charge < -0.3 is 14.0 Å². The predicted octanol–water partition coefficient (Wildman–Crippen LogP) is 7.50. The van der Waals surface area contributed by atoms with Gasteiger partial charge in [-0.15, -0.1) is 0 Å². The number of esters is 1. The van der Waals surface area contributed by atoms with E-state index in [9.17, 15) is 9.18 Å². The summed E-state index contributed by atoms with van der Waals surface area (Å²) in [6.07, 6.45) is -0.979. The minimum Gasteiger partial charge on any atom is -0.467 e. The highest BCUT2D eigenvalue weighted by Gasteiger charge is 2.34. The molecule has 5 nitrogen and oxygen atoms in total. The average Bonchev–Trinajstić information content (AvgIpc) is 3.07. The van der Waals surface area contributed by atoms with Gasteiger partial charge in [0.1, 0.15) is 11.5 Å². The molecule has 2 heterocycles. The van der Waals surface area contributed by atoms with Gasteiger partial charge in [0, 0.05) is 39.5 Å². The molecule has 0 N–H and O–H groups in total. The Labute approximate surface area is 222 Å². The molecule has 2 aromatic heterocycles. The molecule has 0 bridgehead atoms. The van der Waals surface area contributed by atoms with Crippen LogP contribution in [0.25, 0.3) is 22.2 Å². The molecule has 1 unspecified atom stereocenters. The standard InChI is InChI=1S/C30H32ClFN2O3/c1-17-19(3)34(16-20-8-14-23(32)15-9-20)28-24(17)26(21-10-12-22(31)13-11-21)25(18(2)33-28)27(29(35)36-7)37-30(4,5)6/h8-15,27H,16H2,1-7H3. The topological polar surface area (TPSA) is 53.4 Å². The van der Waals surface area contributed by atoms with Crippen LogP contribution in [0, 0.1) is 26.6 Å². The van der Waals surface area contributed by atoms with Crippen molar-refractivity contribution < 1.29 is 18.7 Å². The van der Waals surface area contributed by atoms with Gasteiger partial charge in [-0.1, -0.05) is 35.9 Å². The quantitative estimate of drug-likeness (QED) is 0.246. The Bertz CT molecular complexity index is 1450. The maximum absolute atomic E-state index is 13.5. The third-order valence-corrected chi connectivity index (χ3v) is 6.77. The van der Waals surface area contributed by atoms with Gasteiger partial charge in [-0.25, -0.2) is 14.2 Å². The van der Waals surface area contributed by atoms with Crippen molar-refractivity contribution in [3.05, 3.63) is 87.4 Å². The van der Waals surface area contributed by atoms with Gasteiger partial charge in [0.2, 0.25) is 0 Å². The summed E-state index contributed by atoms with van der Waals surface area (Å²) in [5.74, 6) is -0.764. The van der Waals surface area contributed by atoms with E-state index in [-0.39, 0.29) is 5.82 Å². The fraction of sp³-hybridized carbons (Fsp3) is 0.333. The fourth-order valence-electron chi connectivity index (χ4n) is 4.68. The summed E-state index contributed by atoms with van der Waals surface area (Å²) in [7, 11) is 1.36. The first-order chi connectivity index (χ1) is 17.4. The number of ether oxygens (including phenoxy) is 2. The number of aromatic nitrogens is 2. The lowest BCUT2D eigenvalue weighted by molar-refractivity contribution is -0.164. The van der Waals surface area contributed by atoms with E-state index in [1.807, 2.05) is 58.9 Å². The maximum Gasteiger partial charge on any atom is 0.339 e. The first kappa shape index (κ1) is 26.8. The number of hydrogen-bond acceptors (Lipinski definition) is 4. The van der Waals surface area contributed by atoms with E-state index >= 15 is 0 Å². The number of carbonyl (C=O) groups is 1. The second-order valence-electron chi connectivity index (χ2n) is 10.2. The SMILES string of the molecule is COC(=O)C(OC(C)(C)C)c1c(C)nc2c(c(C)c(C)n2Cc2ccc(F)cc2)c1-c1ccc(Cl)cc1. The number of nitrogens with zero attached hydrogens (tertiary/aromatic N) is 2. The summed E-state index contributed by atoms with van der Waals surface area (Å²) in [6, 6.07) is 14.0. The molecule has 0 saturated heterocycles. The van der Waals surface area contributed by atoms with Crippen molar-refractivity contribution >= 4 is 28.6 Å². The Balaban J connectivity index is 2.06. The third kappa shape index (κ3) is 5.41. The Kier molecular flexibility index (Phi) is 7.45. The molecule has 0 spiro atoms. The molecule has 0 radical (unpaired) electrons. The molecule has 1 atom stereocenters. The first-order valence-electron chi connectivity index (χ1n) is 12.2. The lowest BCUT2D eigenvalue weighted by Crippen LogP contribution is -2.29. The Morgan fingerprint density at radius 2 is 1.68 bits per heavy atom. The first-order valence-corrected chi connectivity index (χ1v) is 12.5. The molecule has 7 heteroatoms. The molecular formula is C30H32ClFN2O3. The van der Waals surface area contributed by atoms with Gasteiger partial charge in [-0.05, 0) is 82.5 Å². The smallest absolute Gasteiger partial charge is 0.339 e. The van der Waals surface area contributed by atoms with Gasteiger partial charge in [-0.3, -0.25) is 0 Å². The van der Waals surface area contributed by atoms with E-state index in [2.05, 4.69) is 11.5 Å². The van der Waals surface area contributed by atoms with Crippen LogP contribution in [-0.4, -0.2) is 28.2 Å². The second-order valence-corrected chi connectivity index (χ2v) is 10.7. The Morgan fingerprint density at radius 3 is 2.24 bits per heavy atom. The molecule has 0 aliphatic carbocycles. The molecule has 4 aromatic rings. The van der Waals surface area contributed by atoms with Crippen LogP contribution in [0.3, 0.4) is 0 Å². The summed E-state index contributed by atoms with van der Waals surface area (Å²) in [4.78, 5) is 18.1. The summed E-state index contributed by atoms with van der Waals surface area (Å²) < 4.78 is 27.2. The van der Waals surface area contributed by atoms with Crippen molar-refractivity contribution in [3.8, 4) is 11.1 Å². The minimum absolute atomic E-state index is 0.273. The van der Waals surface area contributed by atoms with E-state index in [4.69, 9.17) is 26.1 Å². The second kappa shape index (κ2) is 10.3. The van der Waals surface area contributed by atoms with Gasteiger partial charge in [0.15, 0.2) is 6.10 Å². The van der Waals surface area contributed by atoms with E-state index in [0.717, 1.165) is 39.0 Å². The van der Waals surface area contributed by atoms with Crippen molar-refractivity contribution in [1.82, 2.24) is 9.55 Å². The zero-order valence-corrected chi connectivity index (χ0v) is 23.0. The van der Waals surface area contributed by atoms with Crippen LogP contribution >= 0.6 is 11.6 Å². The normalized spacial score (nSPS) is 12.7. The van der Waals surface area contributed by atoms with Crippen molar-refractivity contribution in [2.24, 2.45) is 0 Å². The monoisotopic (exact) mass is 522 g/mol. The van der Waals surface area contributed by atoms with Crippen LogP contribution in [-0.2, 0) is 20.8 Å². The number of fused-ring (bicyclic) bond motifs is 1. The number of carbonyl (C=O) groups excluding carboxylic acids is 1. The van der Waals surface area contributed by atoms with Crippen molar-refractivity contribution in [2.45, 2.75) is 59.8 Å². The largest absolute Gasteiger partial charge is 0.467 e. The highest BCUT2D eigenvalue weighted by atomic mass is 35.5. The molecule has 2 aromatic carbocycles. The molecular weight excluding hydrogens is 491 g/mol. The van der Waals surface area contributed by atoms with Crippen LogP contribution in [0.5, 0.6) is 0 Å². The fourth-order valence-corrected chi connectivity index (χ4v) is 4.81. The Morgan fingerprint density at radius 1 is 1.05 bits per heavy atom. The maximum atomic E-state index is 13.5. The van der Waals surface area contributed by atoms with Gasteiger partial charge >= 0.3 is 5.97 Å². The zero-order valence-electron chi connectivity index (χ0n) is 22.3. The number of methoxy groups -OCH3 is 1. The van der Waals surface area contributed by atoms with Crippen molar-refractivity contribution in [1.29, 1.82) is 0 Å². The highest BCUT2D eigenvalue weighted by molar-refractivity contribution is 6.30. The van der Waals surface area contributed by atoms with E-state index < -0.39 is 17.7 Å². The summed E-state index contributed by atoms with van der Waals surface area (Å²) in [5, 5.41) is 1.54. The molecule has 0 fully saturated rings. The average molecular weight is 523 g/mol. The van der Waals surface area contributed by atoms with Crippen LogP contribution in [0.2, 0.25) is 5.02 Å². The zero-order chi connectivity index (χ0) is 27.1. The molecule has 37 heavy (non-hydrogen) atoms. The number of pyridine rings is 1. The number of rotatable bonds is 6. The molecule has 0 aliphatic rings. The minimum atomic E-state index is -0.979. The molecule has 0 amide bonds. The van der Waals surface area contributed by atoms with Crippen LogP contribution in [0.4, 0.5) is 4.39 Å². The van der Waals surface area contributed by atoms with Gasteiger partial charge in [0.25, 0.3) is 0 Å². The lowest BCUT2D eigenvalue weighted by Gasteiger charge is -2.29. The van der Waals surface area contributed by atoms with E-state index in [1.165, 1.54) is 19.2 Å². The summed E-state index contributed by atoms with van der Waals surface area (Å²) >= 11 is 6.23. The number of benzene rings is 2. The number of hydrogen-bond donors (Lipinski definition) is 0. The third-order valence-electron chi connectivity index (χ3n) is 6.52. The molecule has 0 saturated carbocycles. The lowest BCUT2D eigenvalue weighted by atomic mass is 9.91. The van der Waals surface area contributed by atoms with Crippen LogP contribution in [0.15, 0.2) is 48.5 Å². The molecule has 0 aliphatic heterocycles. The molecule has 194 valence electrons. The summed E-state index contributed by atoms with van der Waals surface area (Å²) in [6.45, 7) is 12.2. The van der Waals surface area contributed by atoms with Crippen molar-refractivity contribution in [2.75, 3.05) is 7.11 Å². The molecule has 4 rings (SSSR count). The van der Waals surface area contributed by atoms with Crippen LogP contribution < -0.4 is 0 Å². The summed E-state index contributed by atoms with van der Waals surface area (Å²) in [5.41, 5.74) is 6.28. The Hall–Kier alpha value is -3.22. The number of aryl methyl sites for hydroxylation is 2. The number of halogens is 2. The predicted molar refractivity (Wildman–Crippen MR) is 145 cm³/mol. The van der Waals surface area contributed by atoms with Crippen molar-refractivity contribution in [3.63, 3.8) is 0 Å². The van der Waals surface area contributed by atoms with E-state index in [1.54, 1.807) is 12.1 Å².